The van der Waals surface area contributed by atoms with E-state index in [2.05, 4.69) is 16.0 Å². The molecule has 0 saturated carbocycles. The molecule has 0 aliphatic carbocycles. The van der Waals surface area contributed by atoms with Crippen LogP contribution in [0.3, 0.4) is 0 Å². The van der Waals surface area contributed by atoms with E-state index in [1.165, 1.54) is 0 Å². The molecule has 122 valence electrons. The number of aromatic nitrogens is 1. The Labute approximate surface area is 139 Å². The van der Waals surface area contributed by atoms with Crippen LogP contribution in [0.4, 0.5) is 0 Å². The SMILES string of the molecule is O=C(O)[C@H]1CN(Cc2ccc3occc3c2)C[C@@H]1c1ccccn1. The third-order valence-electron chi connectivity index (χ3n) is 4.70. The van der Waals surface area contributed by atoms with E-state index in [0.717, 1.165) is 28.8 Å². The zero-order valence-corrected chi connectivity index (χ0v) is 13.1. The maximum atomic E-state index is 11.7. The summed E-state index contributed by atoms with van der Waals surface area (Å²) >= 11 is 0. The lowest BCUT2D eigenvalue weighted by Gasteiger charge is -2.15. The topological polar surface area (TPSA) is 66.6 Å². The molecule has 24 heavy (non-hydrogen) atoms. The van der Waals surface area contributed by atoms with Crippen LogP contribution >= 0.6 is 0 Å². The molecule has 5 nitrogen and oxygen atoms in total. The number of rotatable bonds is 4. The van der Waals surface area contributed by atoms with E-state index in [4.69, 9.17) is 4.42 Å². The third-order valence-corrected chi connectivity index (χ3v) is 4.70. The normalized spacial score (nSPS) is 21.3. The van der Waals surface area contributed by atoms with Crippen LogP contribution in [0.25, 0.3) is 11.0 Å². The highest BCUT2D eigenvalue weighted by Gasteiger charge is 2.39. The summed E-state index contributed by atoms with van der Waals surface area (Å²) in [6.45, 7) is 1.98. The van der Waals surface area contributed by atoms with Gasteiger partial charge in [0, 0.05) is 42.8 Å². The number of carboxylic acid groups (broad SMARTS) is 1. The molecule has 3 heterocycles. The number of hydrogen-bond donors (Lipinski definition) is 1. The van der Waals surface area contributed by atoms with Crippen molar-refractivity contribution in [3.05, 3.63) is 66.2 Å². The monoisotopic (exact) mass is 322 g/mol. The number of benzene rings is 1. The second-order valence-corrected chi connectivity index (χ2v) is 6.29. The molecule has 5 heteroatoms. The first-order valence-corrected chi connectivity index (χ1v) is 8.03. The molecule has 3 aromatic rings. The highest BCUT2D eigenvalue weighted by molar-refractivity contribution is 5.77. The van der Waals surface area contributed by atoms with Crippen LogP contribution in [0, 0.1) is 5.92 Å². The fourth-order valence-corrected chi connectivity index (χ4v) is 3.53. The summed E-state index contributed by atoms with van der Waals surface area (Å²) in [6, 6.07) is 13.7. The largest absolute Gasteiger partial charge is 0.481 e. The number of fused-ring (bicyclic) bond motifs is 1. The highest BCUT2D eigenvalue weighted by atomic mass is 16.4. The van der Waals surface area contributed by atoms with Crippen LogP contribution in [-0.4, -0.2) is 34.0 Å². The second kappa shape index (κ2) is 6.09. The van der Waals surface area contributed by atoms with Gasteiger partial charge in [-0.1, -0.05) is 12.1 Å². The van der Waals surface area contributed by atoms with E-state index in [1.54, 1.807) is 12.5 Å². The Morgan fingerprint density at radius 1 is 1.25 bits per heavy atom. The van der Waals surface area contributed by atoms with Crippen LogP contribution < -0.4 is 0 Å². The van der Waals surface area contributed by atoms with Crippen LogP contribution in [-0.2, 0) is 11.3 Å². The number of carboxylic acids is 1. The first kappa shape index (κ1) is 14.9. The van der Waals surface area contributed by atoms with Gasteiger partial charge in [0.15, 0.2) is 0 Å². The number of likely N-dealkylation sites (tertiary alicyclic amines) is 1. The molecule has 1 aliphatic heterocycles. The van der Waals surface area contributed by atoms with Crippen molar-refractivity contribution in [3.8, 4) is 0 Å². The summed E-state index contributed by atoms with van der Waals surface area (Å²) in [7, 11) is 0. The van der Waals surface area contributed by atoms with Crippen LogP contribution in [0.1, 0.15) is 17.2 Å². The molecule has 2 aromatic heterocycles. The molecule has 1 N–H and O–H groups in total. The number of furan rings is 1. The van der Waals surface area contributed by atoms with Gasteiger partial charge in [-0.3, -0.25) is 14.7 Å². The third kappa shape index (κ3) is 2.78. The Morgan fingerprint density at radius 3 is 2.96 bits per heavy atom. The number of carbonyl (C=O) groups is 1. The maximum absolute atomic E-state index is 11.7. The molecular weight excluding hydrogens is 304 g/mol. The molecular formula is C19H18N2O3. The van der Waals surface area contributed by atoms with Crippen LogP contribution in [0.5, 0.6) is 0 Å². The highest BCUT2D eigenvalue weighted by Crippen LogP contribution is 2.33. The summed E-state index contributed by atoms with van der Waals surface area (Å²) in [5.74, 6) is -1.24. The average molecular weight is 322 g/mol. The Balaban J connectivity index is 1.55. The quantitative estimate of drug-likeness (QED) is 0.799. The molecule has 2 atom stereocenters. The number of hydrogen-bond acceptors (Lipinski definition) is 4. The van der Waals surface area contributed by atoms with E-state index in [1.807, 2.05) is 36.4 Å². The van der Waals surface area contributed by atoms with Gasteiger partial charge in [0.25, 0.3) is 0 Å². The standard InChI is InChI=1S/C19H18N2O3/c22-19(23)16-12-21(11-15(16)17-3-1-2-7-20-17)10-13-4-5-18-14(9-13)6-8-24-18/h1-9,15-16H,10-12H2,(H,22,23)/t15-,16-/m0/s1. The summed E-state index contributed by atoms with van der Waals surface area (Å²) < 4.78 is 5.37. The van der Waals surface area contributed by atoms with Gasteiger partial charge in [0.2, 0.25) is 0 Å². The number of pyridine rings is 1. The lowest BCUT2D eigenvalue weighted by Crippen LogP contribution is -2.23. The van der Waals surface area contributed by atoms with Gasteiger partial charge in [0.1, 0.15) is 5.58 Å². The Kier molecular flexibility index (Phi) is 3.78. The number of aliphatic carboxylic acids is 1. The zero-order chi connectivity index (χ0) is 16.5. The van der Waals surface area contributed by atoms with Crippen molar-refractivity contribution in [1.29, 1.82) is 0 Å². The molecule has 1 fully saturated rings. The predicted molar refractivity (Wildman–Crippen MR) is 89.6 cm³/mol. The summed E-state index contributed by atoms with van der Waals surface area (Å²) in [5, 5.41) is 10.6. The molecule has 4 rings (SSSR count). The second-order valence-electron chi connectivity index (χ2n) is 6.29. The summed E-state index contributed by atoms with van der Waals surface area (Å²) in [4.78, 5) is 18.2. The van der Waals surface area contributed by atoms with Crippen molar-refractivity contribution in [3.63, 3.8) is 0 Å². The van der Waals surface area contributed by atoms with E-state index in [0.29, 0.717) is 13.1 Å². The minimum absolute atomic E-state index is 0.0682. The Hall–Kier alpha value is -2.66. The molecule has 1 aliphatic rings. The zero-order valence-electron chi connectivity index (χ0n) is 13.1. The Bertz CT molecular complexity index is 859. The first-order valence-electron chi connectivity index (χ1n) is 8.03. The minimum atomic E-state index is -0.751. The minimum Gasteiger partial charge on any atom is -0.481 e. The fourth-order valence-electron chi connectivity index (χ4n) is 3.53. The molecule has 0 unspecified atom stereocenters. The summed E-state index contributed by atoms with van der Waals surface area (Å²) in [6.07, 6.45) is 3.41. The van der Waals surface area contributed by atoms with Crippen molar-refractivity contribution in [2.75, 3.05) is 13.1 Å². The van der Waals surface area contributed by atoms with Gasteiger partial charge in [0.05, 0.1) is 12.2 Å². The van der Waals surface area contributed by atoms with E-state index >= 15 is 0 Å². The van der Waals surface area contributed by atoms with Gasteiger partial charge in [-0.2, -0.15) is 0 Å². The summed E-state index contributed by atoms with van der Waals surface area (Å²) in [5.41, 5.74) is 2.89. The lowest BCUT2D eigenvalue weighted by molar-refractivity contribution is -0.141. The van der Waals surface area contributed by atoms with Crippen molar-refractivity contribution < 1.29 is 14.3 Å². The van der Waals surface area contributed by atoms with Crippen molar-refractivity contribution >= 4 is 16.9 Å². The number of nitrogens with zero attached hydrogens (tertiary/aromatic N) is 2. The van der Waals surface area contributed by atoms with E-state index in [-0.39, 0.29) is 5.92 Å². The maximum Gasteiger partial charge on any atom is 0.308 e. The molecule has 0 spiro atoms. The van der Waals surface area contributed by atoms with Crippen molar-refractivity contribution in [2.45, 2.75) is 12.5 Å². The smallest absolute Gasteiger partial charge is 0.308 e. The van der Waals surface area contributed by atoms with E-state index < -0.39 is 11.9 Å². The van der Waals surface area contributed by atoms with Gasteiger partial charge >= 0.3 is 5.97 Å². The fraction of sp³-hybridized carbons (Fsp3) is 0.263. The Morgan fingerprint density at radius 2 is 2.17 bits per heavy atom. The van der Waals surface area contributed by atoms with Gasteiger partial charge in [-0.05, 0) is 35.9 Å². The van der Waals surface area contributed by atoms with Gasteiger partial charge in [-0.25, -0.2) is 0 Å². The van der Waals surface area contributed by atoms with Gasteiger partial charge < -0.3 is 9.52 Å². The lowest BCUT2D eigenvalue weighted by atomic mass is 9.93. The molecule has 0 amide bonds. The first-order chi connectivity index (χ1) is 11.7. The van der Waals surface area contributed by atoms with Gasteiger partial charge in [-0.15, -0.1) is 0 Å². The predicted octanol–water partition coefficient (Wildman–Crippen LogP) is 3.13. The van der Waals surface area contributed by atoms with Crippen LogP contribution in [0.15, 0.2) is 59.3 Å². The average Bonchev–Trinajstić information content (AvgIpc) is 3.22. The van der Waals surface area contributed by atoms with Crippen molar-refractivity contribution in [1.82, 2.24) is 9.88 Å². The van der Waals surface area contributed by atoms with E-state index in [9.17, 15) is 9.90 Å². The molecule has 1 saturated heterocycles. The van der Waals surface area contributed by atoms with Crippen molar-refractivity contribution in [2.24, 2.45) is 5.92 Å². The molecule has 0 radical (unpaired) electrons. The van der Waals surface area contributed by atoms with Crippen LogP contribution in [0.2, 0.25) is 0 Å². The molecule has 0 bridgehead atoms. The molecule has 1 aromatic carbocycles.